The van der Waals surface area contributed by atoms with E-state index >= 15 is 0 Å². The van der Waals surface area contributed by atoms with Gasteiger partial charge in [0.25, 0.3) is 5.91 Å². The molecule has 0 unspecified atom stereocenters. The number of phenols is 2. The largest absolute Gasteiger partial charge is 0.504 e. The van der Waals surface area contributed by atoms with E-state index in [1.54, 1.807) is 11.1 Å². The maximum atomic E-state index is 13.4. The van der Waals surface area contributed by atoms with Gasteiger partial charge < -0.3 is 10.2 Å². The van der Waals surface area contributed by atoms with Gasteiger partial charge in [-0.05, 0) is 35.4 Å². The van der Waals surface area contributed by atoms with Crippen LogP contribution in [0.5, 0.6) is 11.5 Å². The number of benzene rings is 3. The van der Waals surface area contributed by atoms with E-state index in [4.69, 9.17) is 4.84 Å². The van der Waals surface area contributed by atoms with Gasteiger partial charge in [-0.15, -0.1) is 0 Å². The lowest BCUT2D eigenvalue weighted by molar-refractivity contribution is -0.143. The standard InChI is InChI=1S/C24H20N2O5/c27-18-12-11-16(13-19(18)28)21-20-22(31-26(21)17-9-5-2-6-10-17)24(30)25(23(20)29)14-15-7-3-1-4-8-15/h1-13,20-22,27-28H,14H2/t20-,21+,22-/m0/s1. The van der Waals surface area contributed by atoms with Crippen LogP contribution in [0.25, 0.3) is 0 Å². The Labute approximate surface area is 178 Å². The highest BCUT2D eigenvalue weighted by molar-refractivity contribution is 6.07. The number of anilines is 1. The van der Waals surface area contributed by atoms with Crippen molar-refractivity contribution in [1.82, 2.24) is 4.90 Å². The molecule has 7 heteroatoms. The number of imide groups is 1. The number of rotatable bonds is 4. The van der Waals surface area contributed by atoms with Crippen molar-refractivity contribution in [1.29, 1.82) is 0 Å². The first-order valence-electron chi connectivity index (χ1n) is 9.96. The Balaban J connectivity index is 1.54. The van der Waals surface area contributed by atoms with E-state index in [1.165, 1.54) is 17.0 Å². The number of hydrogen-bond acceptors (Lipinski definition) is 6. The fourth-order valence-electron chi connectivity index (χ4n) is 4.26. The van der Waals surface area contributed by atoms with E-state index in [0.29, 0.717) is 11.3 Å². The topological polar surface area (TPSA) is 90.3 Å². The van der Waals surface area contributed by atoms with Crippen molar-refractivity contribution in [3.63, 3.8) is 0 Å². The first-order chi connectivity index (χ1) is 15.0. The number of nitrogens with zero attached hydrogens (tertiary/aromatic N) is 2. The van der Waals surface area contributed by atoms with E-state index in [2.05, 4.69) is 0 Å². The molecule has 2 N–H and O–H groups in total. The number of amides is 2. The van der Waals surface area contributed by atoms with Gasteiger partial charge in [0, 0.05) is 0 Å². The van der Waals surface area contributed by atoms with Crippen molar-refractivity contribution in [3.8, 4) is 11.5 Å². The van der Waals surface area contributed by atoms with Crippen LogP contribution in [0.4, 0.5) is 5.69 Å². The Morgan fingerprint density at radius 3 is 2.16 bits per heavy atom. The third kappa shape index (κ3) is 3.19. The summed E-state index contributed by atoms with van der Waals surface area (Å²) in [5, 5.41) is 21.3. The predicted molar refractivity (Wildman–Crippen MR) is 112 cm³/mol. The highest BCUT2D eigenvalue weighted by Crippen LogP contribution is 2.47. The molecule has 2 aliphatic rings. The van der Waals surface area contributed by atoms with Gasteiger partial charge in [0.2, 0.25) is 5.91 Å². The number of phenolic OH excluding ortho intramolecular Hbond substituents is 2. The number of likely N-dealkylation sites (tertiary alicyclic amines) is 1. The van der Waals surface area contributed by atoms with Crippen molar-refractivity contribution < 1.29 is 24.6 Å². The molecule has 2 amide bonds. The SMILES string of the molecule is O=C1[C@@H]2[C@H](ON(c3ccccc3)[C@@H]2c2ccc(O)c(O)c2)C(=O)N1Cc1ccccc1. The third-order valence-corrected chi connectivity index (χ3v) is 5.74. The minimum absolute atomic E-state index is 0.174. The van der Waals surface area contributed by atoms with E-state index in [9.17, 15) is 19.8 Å². The molecule has 0 aromatic heterocycles. The zero-order chi connectivity index (χ0) is 21.5. The Kier molecular flexibility index (Phi) is 4.60. The molecule has 0 saturated carbocycles. The molecule has 3 aromatic rings. The fraction of sp³-hybridized carbons (Fsp3) is 0.167. The molecule has 3 atom stereocenters. The number of hydroxylamine groups is 1. The van der Waals surface area contributed by atoms with E-state index in [0.717, 1.165) is 5.56 Å². The molecule has 2 saturated heterocycles. The van der Waals surface area contributed by atoms with Gasteiger partial charge in [-0.3, -0.25) is 19.3 Å². The summed E-state index contributed by atoms with van der Waals surface area (Å²) in [7, 11) is 0. The van der Waals surface area contributed by atoms with Gasteiger partial charge in [0.1, 0.15) is 5.92 Å². The van der Waals surface area contributed by atoms with Gasteiger partial charge in [-0.2, -0.15) is 0 Å². The molecule has 0 spiro atoms. The maximum Gasteiger partial charge on any atom is 0.262 e. The minimum atomic E-state index is -0.961. The first-order valence-corrected chi connectivity index (χ1v) is 9.96. The van der Waals surface area contributed by atoms with E-state index in [1.807, 2.05) is 60.7 Å². The third-order valence-electron chi connectivity index (χ3n) is 5.74. The lowest BCUT2D eigenvalue weighted by Crippen LogP contribution is -2.36. The van der Waals surface area contributed by atoms with Crippen LogP contribution < -0.4 is 5.06 Å². The van der Waals surface area contributed by atoms with Crippen LogP contribution in [0.1, 0.15) is 17.2 Å². The van der Waals surface area contributed by atoms with E-state index < -0.39 is 18.1 Å². The Morgan fingerprint density at radius 2 is 1.48 bits per heavy atom. The number of carbonyl (C=O) groups is 2. The molecule has 7 nitrogen and oxygen atoms in total. The lowest BCUT2D eigenvalue weighted by atomic mass is 9.90. The molecule has 156 valence electrons. The van der Waals surface area contributed by atoms with Crippen LogP contribution in [-0.2, 0) is 21.0 Å². The summed E-state index contributed by atoms with van der Waals surface area (Å²) in [6.45, 7) is 0.174. The average molecular weight is 416 g/mol. The minimum Gasteiger partial charge on any atom is -0.504 e. The smallest absolute Gasteiger partial charge is 0.262 e. The summed E-state index contributed by atoms with van der Waals surface area (Å²) < 4.78 is 0. The Bertz CT molecular complexity index is 1140. The van der Waals surface area contributed by atoms with Crippen molar-refractivity contribution in [2.45, 2.75) is 18.7 Å². The number of aromatic hydroxyl groups is 2. The van der Waals surface area contributed by atoms with Crippen LogP contribution in [0.15, 0.2) is 78.9 Å². The first kappa shape index (κ1) is 19.1. The zero-order valence-corrected chi connectivity index (χ0v) is 16.5. The average Bonchev–Trinajstić information content (AvgIpc) is 3.29. The van der Waals surface area contributed by atoms with Crippen molar-refractivity contribution in [2.24, 2.45) is 5.92 Å². The van der Waals surface area contributed by atoms with Gasteiger partial charge in [0.15, 0.2) is 17.6 Å². The maximum absolute atomic E-state index is 13.4. The second kappa shape index (κ2) is 7.45. The predicted octanol–water partition coefficient (Wildman–Crippen LogP) is 3.14. The van der Waals surface area contributed by atoms with Crippen molar-refractivity contribution >= 4 is 17.5 Å². The van der Waals surface area contributed by atoms with E-state index in [-0.39, 0.29) is 29.9 Å². The van der Waals surface area contributed by atoms with Crippen LogP contribution in [0, 0.1) is 5.92 Å². The monoisotopic (exact) mass is 416 g/mol. The molecule has 2 heterocycles. The molecule has 3 aromatic carbocycles. The van der Waals surface area contributed by atoms with Gasteiger partial charge in [0.05, 0.1) is 18.3 Å². The summed E-state index contributed by atoms with van der Waals surface area (Å²) in [6, 6.07) is 22.2. The summed E-state index contributed by atoms with van der Waals surface area (Å²) in [5.74, 6) is -2.04. The highest BCUT2D eigenvalue weighted by atomic mass is 16.7. The van der Waals surface area contributed by atoms with Gasteiger partial charge in [-0.1, -0.05) is 54.6 Å². The quantitative estimate of drug-likeness (QED) is 0.502. The lowest BCUT2D eigenvalue weighted by Gasteiger charge is -2.28. The van der Waals surface area contributed by atoms with Crippen LogP contribution in [0.3, 0.4) is 0 Å². The zero-order valence-electron chi connectivity index (χ0n) is 16.5. The molecule has 0 aliphatic carbocycles. The summed E-state index contributed by atoms with van der Waals surface area (Å²) in [4.78, 5) is 33.8. The second-order valence-electron chi connectivity index (χ2n) is 7.65. The molecule has 2 fully saturated rings. The molecular formula is C24H20N2O5. The van der Waals surface area contributed by atoms with Crippen LogP contribution in [0.2, 0.25) is 0 Å². The summed E-state index contributed by atoms with van der Waals surface area (Å²) in [5.41, 5.74) is 2.10. The Morgan fingerprint density at radius 1 is 0.806 bits per heavy atom. The molecular weight excluding hydrogens is 396 g/mol. The van der Waals surface area contributed by atoms with Crippen LogP contribution >= 0.6 is 0 Å². The van der Waals surface area contributed by atoms with Crippen LogP contribution in [-0.4, -0.2) is 33.0 Å². The van der Waals surface area contributed by atoms with Gasteiger partial charge >= 0.3 is 0 Å². The number of carbonyl (C=O) groups excluding carboxylic acids is 2. The number of hydrogen-bond donors (Lipinski definition) is 2. The Hall–Kier alpha value is -3.84. The number of fused-ring (bicyclic) bond motifs is 1. The molecule has 0 bridgehead atoms. The molecule has 31 heavy (non-hydrogen) atoms. The van der Waals surface area contributed by atoms with Crippen molar-refractivity contribution in [2.75, 3.05) is 5.06 Å². The van der Waals surface area contributed by atoms with Crippen molar-refractivity contribution in [3.05, 3.63) is 90.0 Å². The van der Waals surface area contributed by atoms with Gasteiger partial charge in [-0.25, -0.2) is 5.06 Å². The number of para-hydroxylation sites is 1. The highest BCUT2D eigenvalue weighted by Gasteiger charge is 2.59. The summed E-state index contributed by atoms with van der Waals surface area (Å²) in [6.07, 6.45) is -0.961. The summed E-state index contributed by atoms with van der Waals surface area (Å²) >= 11 is 0. The molecule has 2 aliphatic heterocycles. The normalized spacial score (nSPS) is 22.8. The molecule has 5 rings (SSSR count). The second-order valence-corrected chi connectivity index (χ2v) is 7.65. The molecule has 0 radical (unpaired) electrons. The fourth-order valence-corrected chi connectivity index (χ4v) is 4.26.